The number of carboxylic acid groups (broad SMARTS) is 1. The van der Waals surface area contributed by atoms with E-state index in [1.807, 2.05) is 0 Å². The molecule has 110 valence electrons. The molecule has 0 fully saturated rings. The van der Waals surface area contributed by atoms with Gasteiger partial charge in [0, 0.05) is 7.11 Å². The Kier molecular flexibility index (Phi) is 9.37. The summed E-state index contributed by atoms with van der Waals surface area (Å²) >= 11 is 0. The van der Waals surface area contributed by atoms with Crippen molar-refractivity contribution in [3.05, 3.63) is 0 Å². The minimum absolute atomic E-state index is 0.0371. The van der Waals surface area contributed by atoms with Crippen LogP contribution in [0.1, 0.15) is 13.3 Å². The van der Waals surface area contributed by atoms with Crippen LogP contribution in [0.3, 0.4) is 0 Å². The fourth-order valence-corrected chi connectivity index (χ4v) is 0.977. The Morgan fingerprint density at radius 2 is 1.84 bits per heavy atom. The standard InChI is InChI=1S/C11H18O8/c1-8(19-10(14)7-16-2)11(15)18-6-5-17-4-3-9(12)13/h8H,3-7H2,1-2H3,(H,12,13). The third kappa shape index (κ3) is 9.98. The Morgan fingerprint density at radius 3 is 2.42 bits per heavy atom. The summed E-state index contributed by atoms with van der Waals surface area (Å²) < 4.78 is 18.9. The summed E-state index contributed by atoms with van der Waals surface area (Å²) in [6.07, 6.45) is -1.14. The molecule has 1 N–H and O–H groups in total. The van der Waals surface area contributed by atoms with Crippen molar-refractivity contribution in [1.29, 1.82) is 0 Å². The van der Waals surface area contributed by atoms with Crippen LogP contribution in [0.15, 0.2) is 0 Å². The van der Waals surface area contributed by atoms with E-state index >= 15 is 0 Å². The van der Waals surface area contributed by atoms with Gasteiger partial charge in [-0.1, -0.05) is 0 Å². The van der Waals surface area contributed by atoms with Crippen molar-refractivity contribution >= 4 is 17.9 Å². The Hall–Kier alpha value is -1.67. The van der Waals surface area contributed by atoms with E-state index in [1.54, 1.807) is 0 Å². The SMILES string of the molecule is COCC(=O)OC(C)C(=O)OCCOCCC(=O)O. The van der Waals surface area contributed by atoms with Crippen molar-refractivity contribution < 1.29 is 38.4 Å². The first-order chi connectivity index (χ1) is 8.97. The molecular formula is C11H18O8. The van der Waals surface area contributed by atoms with Gasteiger partial charge in [0.15, 0.2) is 6.10 Å². The van der Waals surface area contributed by atoms with Gasteiger partial charge in [0.2, 0.25) is 0 Å². The molecule has 0 aromatic carbocycles. The van der Waals surface area contributed by atoms with E-state index in [0.717, 1.165) is 0 Å². The van der Waals surface area contributed by atoms with E-state index in [2.05, 4.69) is 4.74 Å². The molecule has 0 radical (unpaired) electrons. The van der Waals surface area contributed by atoms with Gasteiger partial charge >= 0.3 is 17.9 Å². The molecule has 0 spiro atoms. The number of carbonyl (C=O) groups is 3. The zero-order chi connectivity index (χ0) is 14.7. The summed E-state index contributed by atoms with van der Waals surface area (Å²) in [6, 6.07) is 0. The highest BCUT2D eigenvalue weighted by Gasteiger charge is 2.18. The lowest BCUT2D eigenvalue weighted by atomic mass is 10.4. The van der Waals surface area contributed by atoms with E-state index in [9.17, 15) is 14.4 Å². The van der Waals surface area contributed by atoms with Gasteiger partial charge in [-0.3, -0.25) is 4.79 Å². The Balaban J connectivity index is 3.62. The van der Waals surface area contributed by atoms with E-state index in [1.165, 1.54) is 14.0 Å². The zero-order valence-corrected chi connectivity index (χ0v) is 10.9. The van der Waals surface area contributed by atoms with Gasteiger partial charge < -0.3 is 24.1 Å². The lowest BCUT2D eigenvalue weighted by molar-refractivity contribution is -0.169. The van der Waals surface area contributed by atoms with E-state index < -0.39 is 24.0 Å². The minimum atomic E-state index is -1.03. The number of methoxy groups -OCH3 is 1. The van der Waals surface area contributed by atoms with Gasteiger partial charge in [0.25, 0.3) is 0 Å². The number of carboxylic acids is 1. The number of hydrogen-bond acceptors (Lipinski definition) is 7. The molecule has 0 saturated heterocycles. The van der Waals surface area contributed by atoms with Crippen LogP contribution in [-0.4, -0.2) is 62.7 Å². The van der Waals surface area contributed by atoms with Crippen LogP contribution in [0.5, 0.6) is 0 Å². The fourth-order valence-electron chi connectivity index (χ4n) is 0.977. The molecule has 0 heterocycles. The van der Waals surface area contributed by atoms with Crippen molar-refractivity contribution in [3.8, 4) is 0 Å². The molecule has 0 bridgehead atoms. The largest absolute Gasteiger partial charge is 0.481 e. The lowest BCUT2D eigenvalue weighted by Gasteiger charge is -2.12. The highest BCUT2D eigenvalue weighted by Crippen LogP contribution is 1.96. The second kappa shape index (κ2) is 10.3. The van der Waals surface area contributed by atoms with Gasteiger partial charge in [0.1, 0.15) is 13.2 Å². The number of ether oxygens (including phenoxy) is 4. The van der Waals surface area contributed by atoms with Gasteiger partial charge in [-0.25, -0.2) is 9.59 Å². The summed E-state index contributed by atoms with van der Waals surface area (Å²) in [4.78, 5) is 32.5. The lowest BCUT2D eigenvalue weighted by Crippen LogP contribution is -2.28. The van der Waals surface area contributed by atoms with Crippen LogP contribution in [0.4, 0.5) is 0 Å². The average Bonchev–Trinajstić information content (AvgIpc) is 2.33. The molecule has 1 atom stereocenters. The van der Waals surface area contributed by atoms with E-state index in [0.29, 0.717) is 0 Å². The number of hydrogen-bond donors (Lipinski definition) is 1. The molecule has 0 rings (SSSR count). The summed E-state index contributed by atoms with van der Waals surface area (Å²) in [7, 11) is 1.33. The highest BCUT2D eigenvalue weighted by atomic mass is 16.6. The Labute approximate surface area is 110 Å². The number of rotatable bonds is 10. The third-order valence-electron chi connectivity index (χ3n) is 1.83. The molecule has 0 aromatic heterocycles. The van der Waals surface area contributed by atoms with Crippen molar-refractivity contribution in [3.63, 3.8) is 0 Å². The van der Waals surface area contributed by atoms with Crippen LogP contribution in [-0.2, 0) is 33.3 Å². The molecule has 1 unspecified atom stereocenters. The van der Waals surface area contributed by atoms with Gasteiger partial charge in [-0.15, -0.1) is 0 Å². The second-order valence-electron chi connectivity index (χ2n) is 3.49. The molecule has 0 aliphatic heterocycles. The van der Waals surface area contributed by atoms with Crippen molar-refractivity contribution in [2.75, 3.05) is 33.5 Å². The van der Waals surface area contributed by atoms with Crippen LogP contribution >= 0.6 is 0 Å². The normalized spacial score (nSPS) is 11.7. The molecule has 0 aliphatic carbocycles. The average molecular weight is 278 g/mol. The molecule has 0 aromatic rings. The number of esters is 2. The first-order valence-corrected chi connectivity index (χ1v) is 5.62. The maximum Gasteiger partial charge on any atom is 0.347 e. The number of aliphatic carboxylic acids is 1. The zero-order valence-electron chi connectivity index (χ0n) is 10.9. The van der Waals surface area contributed by atoms with E-state index in [4.69, 9.17) is 19.3 Å². The monoisotopic (exact) mass is 278 g/mol. The predicted octanol–water partition coefficient (Wildman–Crippen LogP) is -0.401. The minimum Gasteiger partial charge on any atom is -0.481 e. The maximum atomic E-state index is 11.3. The maximum absolute atomic E-state index is 11.3. The predicted molar refractivity (Wildman–Crippen MR) is 61.5 cm³/mol. The van der Waals surface area contributed by atoms with Crippen LogP contribution in [0, 0.1) is 0 Å². The van der Waals surface area contributed by atoms with Crippen molar-refractivity contribution in [1.82, 2.24) is 0 Å². The Bertz CT molecular complexity index is 301. The molecular weight excluding hydrogens is 260 g/mol. The summed E-state index contributed by atoms with van der Waals surface area (Å²) in [5.74, 6) is -2.33. The van der Waals surface area contributed by atoms with Crippen molar-refractivity contribution in [2.24, 2.45) is 0 Å². The fraction of sp³-hybridized carbons (Fsp3) is 0.727. The Morgan fingerprint density at radius 1 is 1.16 bits per heavy atom. The first kappa shape index (κ1) is 17.3. The van der Waals surface area contributed by atoms with Crippen molar-refractivity contribution in [2.45, 2.75) is 19.4 Å². The quantitative estimate of drug-likeness (QED) is 0.424. The van der Waals surface area contributed by atoms with Crippen LogP contribution in [0.2, 0.25) is 0 Å². The highest BCUT2D eigenvalue weighted by molar-refractivity contribution is 5.79. The molecule has 0 amide bonds. The summed E-state index contributed by atoms with van der Waals surface area (Å²) in [6.45, 7) is 1.23. The number of carbonyl (C=O) groups excluding carboxylic acids is 2. The van der Waals surface area contributed by atoms with E-state index in [-0.39, 0.29) is 32.8 Å². The molecule has 8 heteroatoms. The van der Waals surface area contributed by atoms with Gasteiger partial charge in [-0.2, -0.15) is 0 Å². The molecule has 0 saturated carbocycles. The van der Waals surface area contributed by atoms with Gasteiger partial charge in [0.05, 0.1) is 19.6 Å². The molecule has 0 aliphatic rings. The molecule has 19 heavy (non-hydrogen) atoms. The smallest absolute Gasteiger partial charge is 0.347 e. The van der Waals surface area contributed by atoms with Crippen LogP contribution < -0.4 is 0 Å². The first-order valence-electron chi connectivity index (χ1n) is 5.62. The van der Waals surface area contributed by atoms with Gasteiger partial charge in [-0.05, 0) is 6.92 Å². The molecule has 8 nitrogen and oxygen atoms in total. The van der Waals surface area contributed by atoms with Crippen LogP contribution in [0.25, 0.3) is 0 Å². The summed E-state index contributed by atoms with van der Waals surface area (Å²) in [5, 5.41) is 8.33. The topological polar surface area (TPSA) is 108 Å². The summed E-state index contributed by atoms with van der Waals surface area (Å²) in [5.41, 5.74) is 0. The third-order valence-corrected chi connectivity index (χ3v) is 1.83. The second-order valence-corrected chi connectivity index (χ2v) is 3.49.